The van der Waals surface area contributed by atoms with Gasteiger partial charge < -0.3 is 8.92 Å². The maximum Gasteiger partial charge on any atom is 0.339 e. The van der Waals surface area contributed by atoms with E-state index >= 15 is 0 Å². The standard InChI is InChI=1S/C22H18O5S/c1-15-11-13-17(14-12-15)28(24,25)27-19-10-6-5-9-18(19)20(23)22-21(26-22)16-7-3-2-4-8-16/h2-14,21-22H,1H3/t21-,22-/m1/s1. The molecule has 3 aromatic rings. The van der Waals surface area contributed by atoms with E-state index in [0.717, 1.165) is 11.1 Å². The van der Waals surface area contributed by atoms with Crippen LogP contribution >= 0.6 is 0 Å². The van der Waals surface area contributed by atoms with Gasteiger partial charge in [0.25, 0.3) is 0 Å². The summed E-state index contributed by atoms with van der Waals surface area (Å²) in [5, 5.41) is 0. The van der Waals surface area contributed by atoms with Gasteiger partial charge in [0.2, 0.25) is 0 Å². The van der Waals surface area contributed by atoms with E-state index in [1.165, 1.54) is 18.2 Å². The van der Waals surface area contributed by atoms with Gasteiger partial charge in [0, 0.05) is 0 Å². The van der Waals surface area contributed by atoms with Crippen molar-refractivity contribution >= 4 is 15.9 Å². The van der Waals surface area contributed by atoms with Crippen molar-refractivity contribution < 1.29 is 22.1 Å². The van der Waals surface area contributed by atoms with Crippen LogP contribution in [0.4, 0.5) is 0 Å². The minimum atomic E-state index is -4.05. The van der Waals surface area contributed by atoms with Crippen LogP contribution < -0.4 is 4.18 Å². The van der Waals surface area contributed by atoms with Gasteiger partial charge in [-0.15, -0.1) is 0 Å². The maximum atomic E-state index is 12.9. The van der Waals surface area contributed by atoms with Gasteiger partial charge in [0.15, 0.2) is 17.6 Å². The van der Waals surface area contributed by atoms with Gasteiger partial charge in [-0.3, -0.25) is 4.79 Å². The Bertz CT molecular complexity index is 1110. The Labute approximate surface area is 163 Å². The van der Waals surface area contributed by atoms with Crippen LogP contribution in [0.1, 0.15) is 27.6 Å². The van der Waals surface area contributed by atoms with Crippen LogP contribution in [0.15, 0.2) is 83.8 Å². The molecule has 1 heterocycles. The molecule has 1 saturated heterocycles. The number of benzene rings is 3. The molecule has 0 amide bonds. The van der Waals surface area contributed by atoms with Gasteiger partial charge in [-0.05, 0) is 36.8 Å². The van der Waals surface area contributed by atoms with Crippen molar-refractivity contribution in [1.82, 2.24) is 0 Å². The Balaban J connectivity index is 1.58. The zero-order valence-corrected chi connectivity index (χ0v) is 15.9. The number of para-hydroxylation sites is 1. The average Bonchev–Trinajstić information content (AvgIpc) is 3.49. The number of ketones is 1. The van der Waals surface area contributed by atoms with E-state index in [9.17, 15) is 13.2 Å². The molecular weight excluding hydrogens is 376 g/mol. The molecule has 6 heteroatoms. The number of hydrogen-bond acceptors (Lipinski definition) is 5. The van der Waals surface area contributed by atoms with E-state index in [1.54, 1.807) is 30.3 Å². The molecule has 5 nitrogen and oxygen atoms in total. The highest BCUT2D eigenvalue weighted by atomic mass is 32.2. The molecule has 0 spiro atoms. The second-order valence-corrected chi connectivity index (χ2v) is 8.15. The third-order valence-corrected chi connectivity index (χ3v) is 5.79. The van der Waals surface area contributed by atoms with Gasteiger partial charge in [-0.2, -0.15) is 8.42 Å². The molecule has 1 aliphatic heterocycles. The normalized spacial score (nSPS) is 18.5. The van der Waals surface area contributed by atoms with Crippen molar-refractivity contribution in [2.75, 3.05) is 0 Å². The molecule has 0 radical (unpaired) electrons. The lowest BCUT2D eigenvalue weighted by atomic mass is 10.0. The highest BCUT2D eigenvalue weighted by molar-refractivity contribution is 7.87. The van der Waals surface area contributed by atoms with E-state index in [4.69, 9.17) is 8.92 Å². The Hall–Kier alpha value is -2.96. The molecule has 0 bridgehead atoms. The van der Waals surface area contributed by atoms with E-state index in [2.05, 4.69) is 0 Å². The average molecular weight is 394 g/mol. The number of hydrogen-bond donors (Lipinski definition) is 0. The largest absolute Gasteiger partial charge is 0.378 e. The smallest absolute Gasteiger partial charge is 0.339 e. The summed E-state index contributed by atoms with van der Waals surface area (Å²) in [6.07, 6.45) is -0.968. The number of ether oxygens (including phenoxy) is 1. The lowest BCUT2D eigenvalue weighted by molar-refractivity contribution is 0.0952. The second kappa shape index (κ2) is 7.22. The van der Waals surface area contributed by atoms with Crippen LogP contribution in [0, 0.1) is 6.92 Å². The Morgan fingerprint density at radius 1 is 0.893 bits per heavy atom. The Kier molecular flexibility index (Phi) is 4.75. The highest BCUT2D eigenvalue weighted by Crippen LogP contribution is 2.41. The van der Waals surface area contributed by atoms with Crippen LogP contribution in [0.3, 0.4) is 0 Å². The van der Waals surface area contributed by atoms with Crippen LogP contribution in [0.2, 0.25) is 0 Å². The van der Waals surface area contributed by atoms with Crippen LogP contribution in [-0.4, -0.2) is 20.3 Å². The number of carbonyl (C=O) groups excluding carboxylic acids is 1. The van der Waals surface area contributed by atoms with Crippen LogP contribution in [-0.2, 0) is 14.9 Å². The van der Waals surface area contributed by atoms with E-state index in [-0.39, 0.29) is 28.1 Å². The van der Waals surface area contributed by atoms with E-state index < -0.39 is 16.2 Å². The van der Waals surface area contributed by atoms with Gasteiger partial charge in [0.1, 0.15) is 11.0 Å². The number of carbonyl (C=O) groups is 1. The minimum absolute atomic E-state index is 0.00427. The molecule has 2 atom stereocenters. The molecule has 0 aromatic heterocycles. The molecule has 142 valence electrons. The fourth-order valence-corrected chi connectivity index (χ4v) is 3.92. The molecule has 0 N–H and O–H groups in total. The number of aryl methyl sites for hydroxylation is 1. The highest BCUT2D eigenvalue weighted by Gasteiger charge is 2.47. The summed E-state index contributed by atoms with van der Waals surface area (Å²) in [4.78, 5) is 12.9. The molecule has 0 aliphatic carbocycles. The Morgan fingerprint density at radius 2 is 1.54 bits per heavy atom. The third-order valence-electron chi connectivity index (χ3n) is 4.54. The topological polar surface area (TPSA) is 73.0 Å². The molecule has 1 aliphatic rings. The summed E-state index contributed by atoms with van der Waals surface area (Å²) < 4.78 is 36.0. The first-order valence-corrected chi connectivity index (χ1v) is 10.2. The van der Waals surface area contributed by atoms with Crippen molar-refractivity contribution in [1.29, 1.82) is 0 Å². The van der Waals surface area contributed by atoms with Crippen LogP contribution in [0.5, 0.6) is 5.75 Å². The second-order valence-electron chi connectivity index (χ2n) is 6.60. The first kappa shape index (κ1) is 18.4. The fourth-order valence-electron chi connectivity index (χ4n) is 2.98. The molecule has 4 rings (SSSR count). The molecule has 0 unspecified atom stereocenters. The van der Waals surface area contributed by atoms with Crippen molar-refractivity contribution in [2.45, 2.75) is 24.0 Å². The zero-order valence-electron chi connectivity index (χ0n) is 15.1. The number of Topliss-reactive ketones (excluding diaryl/α,β-unsaturated/α-hetero) is 1. The quantitative estimate of drug-likeness (QED) is 0.358. The summed E-state index contributed by atoms with van der Waals surface area (Å²) in [5.41, 5.74) is 2.03. The summed E-state index contributed by atoms with van der Waals surface area (Å²) in [7, 11) is -4.05. The van der Waals surface area contributed by atoms with Gasteiger partial charge >= 0.3 is 10.1 Å². The van der Waals surface area contributed by atoms with Crippen molar-refractivity contribution in [2.24, 2.45) is 0 Å². The molecule has 0 saturated carbocycles. The minimum Gasteiger partial charge on any atom is -0.378 e. The van der Waals surface area contributed by atoms with Crippen molar-refractivity contribution in [3.05, 3.63) is 95.6 Å². The number of epoxide rings is 1. The predicted molar refractivity (Wildman–Crippen MR) is 104 cm³/mol. The SMILES string of the molecule is Cc1ccc(S(=O)(=O)Oc2ccccc2C(=O)[C@H]2O[C@@H]2c2ccccc2)cc1. The molecule has 1 fully saturated rings. The maximum absolute atomic E-state index is 12.9. The van der Waals surface area contributed by atoms with Crippen molar-refractivity contribution in [3.8, 4) is 5.75 Å². The monoisotopic (exact) mass is 394 g/mol. The summed E-state index contributed by atoms with van der Waals surface area (Å²) in [5.74, 6) is -0.307. The van der Waals surface area contributed by atoms with Crippen LogP contribution in [0.25, 0.3) is 0 Å². The Morgan fingerprint density at radius 3 is 2.25 bits per heavy atom. The zero-order chi connectivity index (χ0) is 19.7. The fraction of sp³-hybridized carbons (Fsp3) is 0.136. The lowest BCUT2D eigenvalue weighted by Gasteiger charge is -2.10. The molecular formula is C22H18O5S. The van der Waals surface area contributed by atoms with Gasteiger partial charge in [0.05, 0.1) is 5.56 Å². The van der Waals surface area contributed by atoms with Gasteiger partial charge in [-0.1, -0.05) is 60.2 Å². The lowest BCUT2D eigenvalue weighted by Crippen LogP contribution is -2.15. The predicted octanol–water partition coefficient (Wildman–Crippen LogP) is 4.09. The number of rotatable bonds is 6. The van der Waals surface area contributed by atoms with E-state index in [0.29, 0.717) is 0 Å². The summed E-state index contributed by atoms with van der Waals surface area (Å²) in [6, 6.07) is 22.1. The summed E-state index contributed by atoms with van der Waals surface area (Å²) >= 11 is 0. The third kappa shape index (κ3) is 3.69. The van der Waals surface area contributed by atoms with E-state index in [1.807, 2.05) is 37.3 Å². The summed E-state index contributed by atoms with van der Waals surface area (Å²) in [6.45, 7) is 1.87. The first-order chi connectivity index (χ1) is 13.5. The molecule has 28 heavy (non-hydrogen) atoms. The van der Waals surface area contributed by atoms with Gasteiger partial charge in [-0.25, -0.2) is 0 Å². The first-order valence-electron chi connectivity index (χ1n) is 8.80. The van der Waals surface area contributed by atoms with Crippen molar-refractivity contribution in [3.63, 3.8) is 0 Å². The molecule has 3 aromatic carbocycles.